The number of hydrogen-bond donors (Lipinski definition) is 2. The van der Waals surface area contributed by atoms with Crippen molar-refractivity contribution in [1.29, 1.82) is 0 Å². The first-order chi connectivity index (χ1) is 12.9. The van der Waals surface area contributed by atoms with Crippen LogP contribution in [0.15, 0.2) is 0 Å². The van der Waals surface area contributed by atoms with Gasteiger partial charge in [0.25, 0.3) is 11.8 Å². The van der Waals surface area contributed by atoms with Crippen molar-refractivity contribution in [3.05, 3.63) is 0 Å². The summed E-state index contributed by atoms with van der Waals surface area (Å²) in [4.78, 5) is 34.1. The Kier molecular flexibility index (Phi) is 6.34. The molecular weight excluding hydrogens is 400 g/mol. The Morgan fingerprint density at radius 3 is 1.81 bits per heavy atom. The molecule has 0 radical (unpaired) electrons. The maximum Gasteiger partial charge on any atom is 0.512 e. The first-order valence-electron chi connectivity index (χ1n) is 8.10. The van der Waals surface area contributed by atoms with Gasteiger partial charge in [-0.1, -0.05) is 11.2 Å². The number of aromatic nitrogens is 2. The highest BCUT2D eigenvalue weighted by atomic mass is 32.2. The summed E-state index contributed by atoms with van der Waals surface area (Å²) >= 11 is 0.787. The summed E-state index contributed by atoms with van der Waals surface area (Å²) in [6.07, 6.45) is -3.10. The molecule has 13 heteroatoms. The summed E-state index contributed by atoms with van der Waals surface area (Å²) in [7, 11) is 0. The summed E-state index contributed by atoms with van der Waals surface area (Å²) in [6.45, 7) is 1.88. The molecule has 148 valence electrons. The monoisotopic (exact) mass is 418 g/mol. The molecule has 2 aliphatic rings. The molecule has 2 fully saturated rings. The van der Waals surface area contributed by atoms with Gasteiger partial charge in [-0.3, -0.25) is 0 Å². The van der Waals surface area contributed by atoms with Crippen molar-refractivity contribution >= 4 is 46.9 Å². The summed E-state index contributed by atoms with van der Waals surface area (Å²) in [5, 5.41) is 18.1. The molecule has 0 amide bonds. The fourth-order valence-electron chi connectivity index (χ4n) is 2.73. The average Bonchev–Trinajstić information content (AvgIpc) is 2.63. The van der Waals surface area contributed by atoms with Gasteiger partial charge in [0.2, 0.25) is 0 Å². The average molecular weight is 418 g/mol. The van der Waals surface area contributed by atoms with E-state index >= 15 is 0 Å². The minimum atomic E-state index is -1.56. The fourth-order valence-corrected chi connectivity index (χ4v) is 4.68. The molecule has 27 heavy (non-hydrogen) atoms. The van der Waals surface area contributed by atoms with Crippen LogP contribution in [0.5, 0.6) is 11.8 Å². The standard InChI is InChI=1S/C14H18N4O7S2/c19-13(20)24-11-9(17-1-5-26-6-2-17)15-12(25-14(21)22)10(16-11)18-3-7-27(23)8-4-18/h1-8H2,(H,19,20)(H,21,22). The van der Waals surface area contributed by atoms with Gasteiger partial charge >= 0.3 is 12.3 Å². The van der Waals surface area contributed by atoms with E-state index in [0.29, 0.717) is 37.7 Å². The summed E-state index contributed by atoms with van der Waals surface area (Å²) in [6, 6.07) is 0. The summed E-state index contributed by atoms with van der Waals surface area (Å²) < 4.78 is 21.2. The van der Waals surface area contributed by atoms with Crippen molar-refractivity contribution in [2.24, 2.45) is 0 Å². The van der Waals surface area contributed by atoms with Gasteiger partial charge in [-0.05, 0) is 0 Å². The Bertz CT molecular complexity index is 709. The molecule has 0 aromatic carbocycles. The van der Waals surface area contributed by atoms with Gasteiger partial charge in [0, 0.05) is 24.6 Å². The van der Waals surface area contributed by atoms with Crippen molar-refractivity contribution in [3.8, 4) is 11.8 Å². The molecule has 0 atom stereocenters. The highest BCUT2D eigenvalue weighted by Gasteiger charge is 2.30. The first-order valence-corrected chi connectivity index (χ1v) is 10.7. The normalized spacial score (nSPS) is 18.3. The smallest absolute Gasteiger partial charge is 0.512 e. The predicted molar refractivity (Wildman–Crippen MR) is 99.0 cm³/mol. The third-order valence-corrected chi connectivity index (χ3v) is 6.17. The Labute approximate surface area is 161 Å². The molecule has 2 N–H and O–H groups in total. The number of hydrogen-bond acceptors (Lipinski definition) is 10. The van der Waals surface area contributed by atoms with Crippen LogP contribution in [0.4, 0.5) is 21.2 Å². The maximum atomic E-state index is 11.6. The zero-order chi connectivity index (χ0) is 19.4. The van der Waals surface area contributed by atoms with E-state index in [2.05, 4.69) is 9.97 Å². The summed E-state index contributed by atoms with van der Waals surface area (Å²) in [5.41, 5.74) is 0. The largest absolute Gasteiger partial charge is 0.616 e. The molecule has 1 aromatic rings. The van der Waals surface area contributed by atoms with Crippen molar-refractivity contribution in [3.63, 3.8) is 0 Å². The van der Waals surface area contributed by atoms with E-state index < -0.39 is 23.5 Å². The lowest BCUT2D eigenvalue weighted by atomic mass is 10.4. The second-order valence-corrected chi connectivity index (χ2v) is 8.57. The van der Waals surface area contributed by atoms with E-state index in [4.69, 9.17) is 19.7 Å². The van der Waals surface area contributed by atoms with Crippen LogP contribution in [0.1, 0.15) is 0 Å². The molecule has 1 aromatic heterocycles. The van der Waals surface area contributed by atoms with Crippen molar-refractivity contribution in [1.82, 2.24) is 9.97 Å². The molecule has 0 bridgehead atoms. The number of rotatable bonds is 4. The highest BCUT2D eigenvalue weighted by molar-refractivity contribution is 7.99. The Balaban J connectivity index is 2.01. The van der Waals surface area contributed by atoms with Crippen LogP contribution in [0.3, 0.4) is 0 Å². The zero-order valence-corrected chi connectivity index (χ0v) is 15.8. The van der Waals surface area contributed by atoms with E-state index in [-0.39, 0.29) is 23.4 Å². The van der Waals surface area contributed by atoms with Crippen LogP contribution < -0.4 is 19.3 Å². The van der Waals surface area contributed by atoms with Crippen LogP contribution in [-0.2, 0) is 11.2 Å². The van der Waals surface area contributed by atoms with Crippen LogP contribution >= 0.6 is 11.8 Å². The number of nitrogens with zero attached hydrogens (tertiary/aromatic N) is 4. The van der Waals surface area contributed by atoms with Gasteiger partial charge in [0.15, 0.2) is 11.6 Å². The third kappa shape index (κ3) is 4.99. The van der Waals surface area contributed by atoms with Crippen LogP contribution in [-0.4, -0.2) is 86.2 Å². The molecule has 0 saturated carbocycles. The van der Waals surface area contributed by atoms with Gasteiger partial charge in [-0.2, -0.15) is 21.7 Å². The van der Waals surface area contributed by atoms with Crippen LogP contribution in [0.2, 0.25) is 0 Å². The van der Waals surface area contributed by atoms with Gasteiger partial charge in [-0.15, -0.1) is 0 Å². The zero-order valence-electron chi connectivity index (χ0n) is 14.2. The van der Waals surface area contributed by atoms with Gasteiger partial charge in [0.1, 0.15) is 11.5 Å². The second kappa shape index (κ2) is 8.71. The number of carboxylic acid groups (broad SMARTS) is 2. The van der Waals surface area contributed by atoms with Crippen molar-refractivity contribution in [2.75, 3.05) is 59.0 Å². The summed E-state index contributed by atoms with van der Waals surface area (Å²) in [5.74, 6) is 2.09. The Morgan fingerprint density at radius 1 is 0.926 bits per heavy atom. The van der Waals surface area contributed by atoms with Gasteiger partial charge < -0.3 is 34.0 Å². The topological polar surface area (TPSA) is 148 Å². The predicted octanol–water partition coefficient (Wildman–Crippen LogP) is 0.712. The molecule has 0 aliphatic carbocycles. The van der Waals surface area contributed by atoms with E-state index in [1.54, 1.807) is 21.6 Å². The molecule has 2 saturated heterocycles. The Morgan fingerprint density at radius 2 is 1.37 bits per heavy atom. The minimum Gasteiger partial charge on any atom is -0.616 e. The molecule has 11 nitrogen and oxygen atoms in total. The van der Waals surface area contributed by atoms with E-state index in [0.717, 1.165) is 11.5 Å². The van der Waals surface area contributed by atoms with Crippen molar-refractivity contribution < 1.29 is 33.8 Å². The molecule has 3 heterocycles. The van der Waals surface area contributed by atoms with Gasteiger partial charge in [0.05, 0.1) is 13.1 Å². The number of carbonyl (C=O) groups is 2. The minimum absolute atomic E-state index is 0.0560. The van der Waals surface area contributed by atoms with Crippen molar-refractivity contribution in [2.45, 2.75) is 0 Å². The fraction of sp³-hybridized carbons (Fsp3) is 0.571. The van der Waals surface area contributed by atoms with E-state index in [9.17, 15) is 14.1 Å². The van der Waals surface area contributed by atoms with E-state index in [1.165, 1.54) is 0 Å². The van der Waals surface area contributed by atoms with E-state index in [1.807, 2.05) is 0 Å². The lowest BCUT2D eigenvalue weighted by molar-refractivity contribution is 0.138. The second-order valence-electron chi connectivity index (χ2n) is 5.65. The quantitative estimate of drug-likeness (QED) is 0.524. The first kappa shape index (κ1) is 19.6. The molecule has 3 rings (SSSR count). The SMILES string of the molecule is O=C(O)Oc1nc(N2CC[S+]([O-])CC2)c(OC(=O)O)nc1N1CCSCC1. The third-order valence-electron chi connectivity index (χ3n) is 3.95. The lowest BCUT2D eigenvalue weighted by Crippen LogP contribution is -2.41. The van der Waals surface area contributed by atoms with Crippen LogP contribution in [0.25, 0.3) is 0 Å². The Hall–Kier alpha value is -2.12. The number of thioether (sulfide) groups is 1. The number of anilines is 2. The molecule has 0 unspecified atom stereocenters. The number of ether oxygens (including phenoxy) is 2. The molecule has 2 aliphatic heterocycles. The molecule has 0 spiro atoms. The highest BCUT2D eigenvalue weighted by Crippen LogP contribution is 2.35. The lowest BCUT2D eigenvalue weighted by Gasteiger charge is -2.31. The van der Waals surface area contributed by atoms with Crippen LogP contribution in [0, 0.1) is 0 Å². The van der Waals surface area contributed by atoms with Gasteiger partial charge in [-0.25, -0.2) is 9.59 Å². The molecular formula is C14H18N4O7S2. The maximum absolute atomic E-state index is 11.6.